The number of anilines is 1. The minimum atomic E-state index is 0.747. The van der Waals surface area contributed by atoms with Crippen molar-refractivity contribution in [2.24, 2.45) is 5.92 Å². The van der Waals surface area contributed by atoms with Gasteiger partial charge in [0.15, 0.2) is 0 Å². The molecule has 2 fully saturated rings. The van der Waals surface area contributed by atoms with Crippen molar-refractivity contribution in [3.63, 3.8) is 0 Å². The third-order valence-corrected chi connectivity index (χ3v) is 4.52. The highest BCUT2D eigenvalue weighted by Crippen LogP contribution is 2.40. The summed E-state index contributed by atoms with van der Waals surface area (Å²) in [5, 5.41) is 4.36. The normalized spacial score (nSPS) is 18.3. The molecule has 0 heterocycles. The molecular formula is C17H25ClN2. The molecule has 0 bridgehead atoms. The maximum atomic E-state index is 6.54. The Morgan fingerprint density at radius 3 is 2.65 bits per heavy atom. The van der Waals surface area contributed by atoms with Crippen LogP contribution >= 0.6 is 11.6 Å². The molecule has 1 N–H and O–H groups in total. The van der Waals surface area contributed by atoms with Crippen LogP contribution in [0, 0.1) is 5.92 Å². The van der Waals surface area contributed by atoms with Crippen molar-refractivity contribution >= 4 is 17.3 Å². The van der Waals surface area contributed by atoms with Crippen LogP contribution in [0.1, 0.15) is 44.6 Å². The Morgan fingerprint density at radius 1 is 1.25 bits per heavy atom. The fourth-order valence-corrected chi connectivity index (χ4v) is 3.02. The lowest BCUT2D eigenvalue weighted by Gasteiger charge is -2.26. The molecule has 1 aromatic carbocycles. The predicted molar refractivity (Wildman–Crippen MR) is 86.5 cm³/mol. The Labute approximate surface area is 127 Å². The molecule has 3 heteroatoms. The molecule has 0 saturated heterocycles. The molecular weight excluding hydrogens is 268 g/mol. The lowest BCUT2D eigenvalue weighted by Crippen LogP contribution is -2.28. The van der Waals surface area contributed by atoms with Crippen LogP contribution in [0.15, 0.2) is 18.2 Å². The molecule has 2 saturated carbocycles. The molecule has 0 amide bonds. The van der Waals surface area contributed by atoms with E-state index in [-0.39, 0.29) is 0 Å². The van der Waals surface area contributed by atoms with E-state index in [4.69, 9.17) is 11.6 Å². The molecule has 0 spiro atoms. The summed E-state index contributed by atoms with van der Waals surface area (Å²) in [6.07, 6.45) is 6.65. The van der Waals surface area contributed by atoms with Crippen molar-refractivity contribution in [3.8, 4) is 0 Å². The van der Waals surface area contributed by atoms with Crippen molar-refractivity contribution in [1.82, 2.24) is 5.32 Å². The van der Waals surface area contributed by atoms with Gasteiger partial charge in [0, 0.05) is 19.1 Å². The monoisotopic (exact) mass is 292 g/mol. The quantitative estimate of drug-likeness (QED) is 0.722. The minimum Gasteiger partial charge on any atom is -0.367 e. The first-order valence-electron chi connectivity index (χ1n) is 8.03. The molecule has 2 aliphatic carbocycles. The average molecular weight is 293 g/mol. The maximum absolute atomic E-state index is 6.54. The Balaban J connectivity index is 1.68. The highest BCUT2D eigenvalue weighted by molar-refractivity contribution is 6.33. The highest BCUT2D eigenvalue weighted by Gasteiger charge is 2.34. The van der Waals surface area contributed by atoms with Crippen LogP contribution in [-0.4, -0.2) is 19.1 Å². The van der Waals surface area contributed by atoms with Gasteiger partial charge in [-0.2, -0.15) is 0 Å². The third-order valence-electron chi connectivity index (χ3n) is 4.22. The number of rotatable bonds is 8. The molecule has 0 radical (unpaired) electrons. The van der Waals surface area contributed by atoms with Gasteiger partial charge in [0.25, 0.3) is 0 Å². The Bertz CT molecular complexity index is 452. The van der Waals surface area contributed by atoms with E-state index in [0.29, 0.717) is 0 Å². The average Bonchev–Trinajstić information content (AvgIpc) is 3.30. The molecule has 3 rings (SSSR count). The second-order valence-corrected chi connectivity index (χ2v) is 6.70. The predicted octanol–water partition coefficient (Wildman–Crippen LogP) is 4.22. The van der Waals surface area contributed by atoms with E-state index in [1.807, 2.05) is 0 Å². The van der Waals surface area contributed by atoms with E-state index >= 15 is 0 Å². The summed E-state index contributed by atoms with van der Waals surface area (Å²) in [6, 6.07) is 7.34. The summed E-state index contributed by atoms with van der Waals surface area (Å²) in [5.74, 6) is 0.914. The topological polar surface area (TPSA) is 15.3 Å². The molecule has 0 aliphatic heterocycles. The van der Waals surface area contributed by atoms with Gasteiger partial charge in [-0.3, -0.25) is 0 Å². The fourth-order valence-electron chi connectivity index (χ4n) is 2.71. The van der Waals surface area contributed by atoms with Gasteiger partial charge in [-0.15, -0.1) is 0 Å². The largest absolute Gasteiger partial charge is 0.367 e. The lowest BCUT2D eigenvalue weighted by molar-refractivity contribution is 0.675. The Hall–Kier alpha value is -0.730. The summed E-state index contributed by atoms with van der Waals surface area (Å²) in [5.41, 5.74) is 2.54. The van der Waals surface area contributed by atoms with Crippen LogP contribution < -0.4 is 10.2 Å². The van der Waals surface area contributed by atoms with Crippen molar-refractivity contribution in [2.45, 2.75) is 51.6 Å². The van der Waals surface area contributed by atoms with Gasteiger partial charge in [0.1, 0.15) is 0 Å². The first-order chi connectivity index (χ1) is 9.78. The van der Waals surface area contributed by atoms with Crippen LogP contribution in [0.2, 0.25) is 5.02 Å². The van der Waals surface area contributed by atoms with Gasteiger partial charge < -0.3 is 10.2 Å². The van der Waals surface area contributed by atoms with E-state index in [1.165, 1.54) is 49.9 Å². The zero-order chi connectivity index (χ0) is 13.9. The minimum absolute atomic E-state index is 0.747. The van der Waals surface area contributed by atoms with Gasteiger partial charge in [0.2, 0.25) is 0 Å². The van der Waals surface area contributed by atoms with Crippen molar-refractivity contribution in [1.29, 1.82) is 0 Å². The first-order valence-corrected chi connectivity index (χ1v) is 8.41. The number of halogens is 1. The Morgan fingerprint density at radius 2 is 2.05 bits per heavy atom. The molecule has 20 heavy (non-hydrogen) atoms. The standard InChI is InChI=1S/C17H25ClN2/c1-2-9-19-11-14-5-8-17(16(18)10-14)20(15-6-7-15)12-13-3-4-13/h5,8,10,13,15,19H,2-4,6-7,9,11-12H2,1H3. The second-order valence-electron chi connectivity index (χ2n) is 6.29. The second kappa shape index (κ2) is 6.36. The number of nitrogens with one attached hydrogen (secondary N) is 1. The SMILES string of the molecule is CCCNCc1ccc(N(CC2CC2)C2CC2)c(Cl)c1. The van der Waals surface area contributed by atoms with Gasteiger partial charge in [0.05, 0.1) is 10.7 Å². The van der Waals surface area contributed by atoms with E-state index in [2.05, 4.69) is 35.3 Å². The lowest BCUT2D eigenvalue weighted by atomic mass is 10.1. The highest BCUT2D eigenvalue weighted by atomic mass is 35.5. The zero-order valence-electron chi connectivity index (χ0n) is 12.4. The number of hydrogen-bond acceptors (Lipinski definition) is 2. The molecule has 1 aromatic rings. The van der Waals surface area contributed by atoms with Gasteiger partial charge in [-0.05, 0) is 62.3 Å². The summed E-state index contributed by atoms with van der Waals surface area (Å²) in [6.45, 7) is 5.38. The van der Waals surface area contributed by atoms with Crippen LogP contribution in [-0.2, 0) is 6.54 Å². The molecule has 2 nitrogen and oxygen atoms in total. The molecule has 2 aliphatic rings. The van der Waals surface area contributed by atoms with E-state index in [9.17, 15) is 0 Å². The van der Waals surface area contributed by atoms with Crippen molar-refractivity contribution in [3.05, 3.63) is 28.8 Å². The van der Waals surface area contributed by atoms with E-state index < -0.39 is 0 Å². The molecule has 0 aromatic heterocycles. The van der Waals surface area contributed by atoms with Crippen molar-refractivity contribution in [2.75, 3.05) is 18.0 Å². The van der Waals surface area contributed by atoms with Gasteiger partial charge in [-0.1, -0.05) is 24.6 Å². The summed E-state index contributed by atoms with van der Waals surface area (Å²) < 4.78 is 0. The number of nitrogens with zero attached hydrogens (tertiary/aromatic N) is 1. The third kappa shape index (κ3) is 3.67. The summed E-state index contributed by atoms with van der Waals surface area (Å²) in [4.78, 5) is 2.56. The summed E-state index contributed by atoms with van der Waals surface area (Å²) in [7, 11) is 0. The van der Waals surface area contributed by atoms with Crippen LogP contribution in [0.3, 0.4) is 0 Å². The summed E-state index contributed by atoms with van der Waals surface area (Å²) >= 11 is 6.54. The van der Waals surface area contributed by atoms with Crippen LogP contribution in [0.4, 0.5) is 5.69 Å². The fraction of sp³-hybridized carbons (Fsp3) is 0.647. The Kier molecular flexibility index (Phi) is 4.52. The van der Waals surface area contributed by atoms with Crippen LogP contribution in [0.25, 0.3) is 0 Å². The number of hydrogen-bond donors (Lipinski definition) is 1. The van der Waals surface area contributed by atoms with Crippen LogP contribution in [0.5, 0.6) is 0 Å². The molecule has 0 unspecified atom stereocenters. The van der Waals surface area contributed by atoms with Gasteiger partial charge >= 0.3 is 0 Å². The number of benzene rings is 1. The van der Waals surface area contributed by atoms with Gasteiger partial charge in [-0.25, -0.2) is 0 Å². The first kappa shape index (κ1) is 14.2. The zero-order valence-corrected chi connectivity index (χ0v) is 13.1. The molecule has 0 atom stereocenters. The van der Waals surface area contributed by atoms with E-state index in [0.717, 1.165) is 30.1 Å². The smallest absolute Gasteiger partial charge is 0.0642 e. The van der Waals surface area contributed by atoms with Crippen molar-refractivity contribution < 1.29 is 0 Å². The van der Waals surface area contributed by atoms with E-state index in [1.54, 1.807) is 0 Å². The molecule has 110 valence electrons. The maximum Gasteiger partial charge on any atom is 0.0642 e.